The zero-order valence-electron chi connectivity index (χ0n) is 14.6. The monoisotopic (exact) mass is 327 g/mol. The second-order valence-corrected chi connectivity index (χ2v) is 7.94. The minimum atomic E-state index is -0.476. The van der Waals surface area contributed by atoms with Crippen molar-refractivity contribution in [2.75, 3.05) is 13.1 Å². The van der Waals surface area contributed by atoms with Crippen LogP contribution in [-0.4, -0.2) is 29.7 Å². The maximum atomic E-state index is 12.3. The van der Waals surface area contributed by atoms with E-state index in [0.717, 1.165) is 24.8 Å². The number of benzene rings is 1. The summed E-state index contributed by atoms with van der Waals surface area (Å²) in [5.41, 5.74) is 8.76. The van der Waals surface area contributed by atoms with Gasteiger partial charge in [-0.1, -0.05) is 12.1 Å². The van der Waals surface area contributed by atoms with Crippen LogP contribution in [-0.2, 0) is 10.2 Å². The van der Waals surface area contributed by atoms with E-state index in [1.165, 1.54) is 5.56 Å². The van der Waals surface area contributed by atoms with E-state index in [4.69, 9.17) is 10.5 Å². The van der Waals surface area contributed by atoms with Gasteiger partial charge in [0.05, 0.1) is 11.6 Å². The molecule has 0 aromatic heterocycles. The topological polar surface area (TPSA) is 79.3 Å². The van der Waals surface area contributed by atoms with Crippen LogP contribution >= 0.6 is 0 Å². The number of rotatable bonds is 0. The second kappa shape index (κ2) is 5.78. The van der Waals surface area contributed by atoms with Crippen molar-refractivity contribution in [2.24, 2.45) is 5.73 Å². The molecule has 2 N–H and O–H groups in total. The Bertz CT molecular complexity index is 692. The number of hydrogen-bond donors (Lipinski definition) is 1. The summed E-state index contributed by atoms with van der Waals surface area (Å²) in [6, 6.07) is 8.06. The number of likely N-dealkylation sites (tertiary alicyclic amines) is 1. The molecule has 1 aliphatic heterocycles. The summed E-state index contributed by atoms with van der Waals surface area (Å²) in [7, 11) is 0. The van der Waals surface area contributed by atoms with E-state index in [2.05, 4.69) is 12.1 Å². The lowest BCUT2D eigenvalue weighted by atomic mass is 9.73. The normalized spacial score (nSPS) is 22.1. The van der Waals surface area contributed by atoms with Crippen LogP contribution in [0.3, 0.4) is 0 Å². The first-order valence-corrected chi connectivity index (χ1v) is 8.53. The fourth-order valence-electron chi connectivity index (χ4n) is 4.07. The minimum absolute atomic E-state index is 0.0138. The molecule has 0 bridgehead atoms. The SMILES string of the molecule is CC(C)(C)OC(=O)N1CCC2(CC1)C[C@@H](N)c1c(C#N)cccc12. The van der Waals surface area contributed by atoms with Crippen LogP contribution in [0.1, 0.15) is 62.8 Å². The number of hydrogen-bond acceptors (Lipinski definition) is 4. The van der Waals surface area contributed by atoms with E-state index >= 15 is 0 Å². The molecule has 24 heavy (non-hydrogen) atoms. The van der Waals surface area contributed by atoms with Crippen LogP contribution in [0.5, 0.6) is 0 Å². The Kier molecular flexibility index (Phi) is 4.05. The molecule has 1 atom stereocenters. The number of nitrogens with zero attached hydrogens (tertiary/aromatic N) is 2. The Balaban J connectivity index is 1.79. The number of nitriles is 1. The van der Waals surface area contributed by atoms with Gasteiger partial charge in [-0.05, 0) is 57.2 Å². The lowest BCUT2D eigenvalue weighted by molar-refractivity contribution is 0.0162. The number of fused-ring (bicyclic) bond motifs is 2. The van der Waals surface area contributed by atoms with Crippen molar-refractivity contribution in [2.45, 2.75) is 57.1 Å². The summed E-state index contributed by atoms with van der Waals surface area (Å²) in [6.07, 6.45) is 2.33. The predicted molar refractivity (Wildman–Crippen MR) is 91.4 cm³/mol. The van der Waals surface area contributed by atoms with Crippen LogP contribution < -0.4 is 5.73 Å². The highest BCUT2D eigenvalue weighted by Gasteiger charge is 2.46. The molecule has 0 radical (unpaired) electrons. The van der Waals surface area contributed by atoms with E-state index in [1.807, 2.05) is 32.9 Å². The Morgan fingerprint density at radius 2 is 2.04 bits per heavy atom. The highest BCUT2D eigenvalue weighted by atomic mass is 16.6. The first kappa shape index (κ1) is 16.8. The third-order valence-electron chi connectivity index (χ3n) is 5.15. The Hall–Kier alpha value is -2.06. The van der Waals surface area contributed by atoms with Crippen molar-refractivity contribution >= 4 is 6.09 Å². The summed E-state index contributed by atoms with van der Waals surface area (Å²) in [5.74, 6) is 0. The zero-order chi connectivity index (χ0) is 17.5. The highest BCUT2D eigenvalue weighted by Crippen LogP contribution is 2.50. The van der Waals surface area contributed by atoms with Crippen LogP contribution in [0, 0.1) is 11.3 Å². The average molecular weight is 327 g/mol. The largest absolute Gasteiger partial charge is 0.444 e. The molecule has 1 aromatic carbocycles. The molecule has 3 rings (SSSR count). The highest BCUT2D eigenvalue weighted by molar-refractivity contribution is 5.68. The first-order chi connectivity index (χ1) is 11.3. The fourth-order valence-corrected chi connectivity index (χ4v) is 4.07. The smallest absolute Gasteiger partial charge is 0.410 e. The first-order valence-electron chi connectivity index (χ1n) is 8.53. The molecular formula is C19H25N3O2. The minimum Gasteiger partial charge on any atom is -0.444 e. The molecule has 1 fully saturated rings. The molecule has 0 unspecified atom stereocenters. The number of ether oxygens (including phenoxy) is 1. The summed E-state index contributed by atoms with van der Waals surface area (Å²) < 4.78 is 5.47. The zero-order valence-corrected chi connectivity index (χ0v) is 14.6. The average Bonchev–Trinajstić information content (AvgIpc) is 2.79. The summed E-state index contributed by atoms with van der Waals surface area (Å²) in [5, 5.41) is 9.35. The second-order valence-electron chi connectivity index (χ2n) is 7.94. The Morgan fingerprint density at radius 3 is 2.62 bits per heavy atom. The van der Waals surface area contributed by atoms with Gasteiger partial charge in [0.1, 0.15) is 5.60 Å². The number of nitrogens with two attached hydrogens (primary N) is 1. The summed E-state index contributed by atoms with van der Waals surface area (Å²) in [6.45, 7) is 6.97. The van der Waals surface area contributed by atoms with E-state index in [1.54, 1.807) is 4.90 Å². The molecule has 128 valence electrons. The quantitative estimate of drug-likeness (QED) is 0.793. The van der Waals surface area contributed by atoms with Crippen molar-refractivity contribution in [1.29, 1.82) is 5.26 Å². The molecule has 1 heterocycles. The van der Waals surface area contributed by atoms with E-state index < -0.39 is 5.60 Å². The van der Waals surface area contributed by atoms with Crippen LogP contribution in [0.25, 0.3) is 0 Å². The van der Waals surface area contributed by atoms with Crippen LogP contribution in [0.15, 0.2) is 18.2 Å². The van der Waals surface area contributed by atoms with Gasteiger partial charge in [0, 0.05) is 24.5 Å². The third kappa shape index (κ3) is 2.87. The number of carbonyl (C=O) groups is 1. The molecule has 5 heteroatoms. The van der Waals surface area contributed by atoms with E-state index in [-0.39, 0.29) is 17.6 Å². The molecule has 0 saturated carbocycles. The van der Waals surface area contributed by atoms with Gasteiger partial charge in [0.2, 0.25) is 0 Å². The van der Waals surface area contributed by atoms with Gasteiger partial charge in [0.15, 0.2) is 0 Å². The van der Waals surface area contributed by atoms with Crippen LogP contribution in [0.2, 0.25) is 0 Å². The number of amides is 1. The molecule has 1 spiro atoms. The number of carbonyl (C=O) groups excluding carboxylic acids is 1. The maximum Gasteiger partial charge on any atom is 0.410 e. The van der Waals surface area contributed by atoms with Crippen molar-refractivity contribution in [1.82, 2.24) is 4.90 Å². The molecular weight excluding hydrogens is 302 g/mol. The van der Waals surface area contributed by atoms with E-state index in [9.17, 15) is 10.1 Å². The standard InChI is InChI=1S/C19H25N3O2/c1-18(2,3)24-17(23)22-9-7-19(8-10-22)11-15(21)16-13(12-20)5-4-6-14(16)19/h4-6,15H,7-11,21H2,1-3H3/t15-/m1/s1. The van der Waals surface area contributed by atoms with E-state index in [0.29, 0.717) is 18.7 Å². The molecule has 1 amide bonds. The van der Waals surface area contributed by atoms with Gasteiger partial charge in [0.25, 0.3) is 0 Å². The maximum absolute atomic E-state index is 12.3. The Labute approximate surface area is 143 Å². The molecule has 5 nitrogen and oxygen atoms in total. The molecule has 1 aliphatic carbocycles. The van der Waals surface area contributed by atoms with Crippen LogP contribution in [0.4, 0.5) is 4.79 Å². The Morgan fingerprint density at radius 1 is 1.38 bits per heavy atom. The predicted octanol–water partition coefficient (Wildman–Crippen LogP) is 3.23. The molecule has 1 aromatic rings. The van der Waals surface area contributed by atoms with Gasteiger partial charge in [-0.3, -0.25) is 0 Å². The van der Waals surface area contributed by atoms with Crippen molar-refractivity contribution in [3.8, 4) is 6.07 Å². The van der Waals surface area contributed by atoms with Crippen molar-refractivity contribution < 1.29 is 9.53 Å². The van der Waals surface area contributed by atoms with Gasteiger partial charge in [-0.25, -0.2) is 4.79 Å². The molecule has 2 aliphatic rings. The lowest BCUT2D eigenvalue weighted by Crippen LogP contribution is -2.46. The van der Waals surface area contributed by atoms with Gasteiger partial charge in [-0.2, -0.15) is 5.26 Å². The van der Waals surface area contributed by atoms with Gasteiger partial charge >= 0.3 is 6.09 Å². The van der Waals surface area contributed by atoms with Crippen molar-refractivity contribution in [3.63, 3.8) is 0 Å². The lowest BCUT2D eigenvalue weighted by Gasteiger charge is -2.40. The number of piperidine rings is 1. The van der Waals surface area contributed by atoms with Gasteiger partial charge < -0.3 is 15.4 Å². The summed E-state index contributed by atoms with van der Waals surface area (Å²) >= 11 is 0. The third-order valence-corrected chi connectivity index (χ3v) is 5.15. The van der Waals surface area contributed by atoms with Gasteiger partial charge in [-0.15, -0.1) is 0 Å². The van der Waals surface area contributed by atoms with Crippen molar-refractivity contribution in [3.05, 3.63) is 34.9 Å². The molecule has 1 saturated heterocycles. The fraction of sp³-hybridized carbons (Fsp3) is 0.579. The summed E-state index contributed by atoms with van der Waals surface area (Å²) in [4.78, 5) is 14.0.